The molecule has 1 aliphatic carbocycles. The largest absolute Gasteiger partial charge is 0.340 e. The number of ether oxygens (including phenoxy) is 4. The van der Waals surface area contributed by atoms with Crippen molar-refractivity contribution in [2.24, 2.45) is 0 Å². The van der Waals surface area contributed by atoms with Crippen molar-refractivity contribution in [1.82, 2.24) is 4.90 Å². The zero-order valence-corrected chi connectivity index (χ0v) is 13.2. The summed E-state index contributed by atoms with van der Waals surface area (Å²) in [4.78, 5) is 14.2. The van der Waals surface area contributed by atoms with E-state index in [1.165, 1.54) is 34.0 Å². The molecule has 2 fully saturated rings. The van der Waals surface area contributed by atoms with Crippen LogP contribution in [0, 0.1) is 0 Å². The standard InChI is InChI=1S/C16H21NO5/c1-19-15(20-2)14(18)17(16(15,21-3)22-4)13-10-12(13)11-8-6-5-7-9-11/h5-9,12-13H,10H2,1-4H3/t12-,13-/m0/s1. The van der Waals surface area contributed by atoms with Crippen molar-refractivity contribution < 1.29 is 23.7 Å². The molecule has 1 saturated heterocycles. The van der Waals surface area contributed by atoms with E-state index in [1.54, 1.807) is 4.90 Å². The summed E-state index contributed by atoms with van der Waals surface area (Å²) in [7, 11) is 5.78. The molecular weight excluding hydrogens is 286 g/mol. The lowest BCUT2D eigenvalue weighted by atomic mass is 9.97. The molecule has 0 radical (unpaired) electrons. The predicted molar refractivity (Wildman–Crippen MR) is 77.9 cm³/mol. The summed E-state index contributed by atoms with van der Waals surface area (Å²) in [6.45, 7) is 0. The predicted octanol–water partition coefficient (Wildman–Crippen LogP) is 1.32. The number of likely N-dealkylation sites (tertiary alicyclic amines) is 1. The first-order valence-corrected chi connectivity index (χ1v) is 7.21. The van der Waals surface area contributed by atoms with Crippen molar-refractivity contribution >= 4 is 5.91 Å². The van der Waals surface area contributed by atoms with E-state index >= 15 is 0 Å². The first-order chi connectivity index (χ1) is 10.6. The number of amides is 1. The number of rotatable bonds is 6. The van der Waals surface area contributed by atoms with Crippen LogP contribution in [0.25, 0.3) is 0 Å². The van der Waals surface area contributed by atoms with Gasteiger partial charge >= 0.3 is 11.7 Å². The fourth-order valence-corrected chi connectivity index (χ4v) is 3.49. The van der Waals surface area contributed by atoms with Gasteiger partial charge in [0, 0.05) is 40.4 Å². The molecule has 1 heterocycles. The normalized spacial score (nSPS) is 28.4. The van der Waals surface area contributed by atoms with E-state index in [-0.39, 0.29) is 17.9 Å². The maximum atomic E-state index is 12.7. The van der Waals surface area contributed by atoms with Crippen molar-refractivity contribution in [2.75, 3.05) is 28.4 Å². The monoisotopic (exact) mass is 307 g/mol. The van der Waals surface area contributed by atoms with E-state index in [9.17, 15) is 4.79 Å². The summed E-state index contributed by atoms with van der Waals surface area (Å²) in [5, 5.41) is 0. The van der Waals surface area contributed by atoms with Crippen LogP contribution in [0.5, 0.6) is 0 Å². The Morgan fingerprint density at radius 2 is 1.59 bits per heavy atom. The van der Waals surface area contributed by atoms with Crippen LogP contribution in [0.3, 0.4) is 0 Å². The maximum Gasteiger partial charge on any atom is 0.327 e. The Hall–Kier alpha value is -1.47. The number of hydrogen-bond acceptors (Lipinski definition) is 5. The Kier molecular flexibility index (Phi) is 3.72. The molecule has 120 valence electrons. The molecule has 1 aliphatic heterocycles. The van der Waals surface area contributed by atoms with Crippen LogP contribution in [0.2, 0.25) is 0 Å². The minimum atomic E-state index is -1.56. The zero-order chi connectivity index (χ0) is 16.0. The summed E-state index contributed by atoms with van der Waals surface area (Å²) in [5.74, 6) is -2.91. The van der Waals surface area contributed by atoms with Crippen molar-refractivity contribution in [3.05, 3.63) is 35.9 Å². The number of β-lactam (4-membered cyclic amide) rings is 1. The topological polar surface area (TPSA) is 57.2 Å². The van der Waals surface area contributed by atoms with Crippen molar-refractivity contribution in [3.63, 3.8) is 0 Å². The Morgan fingerprint density at radius 3 is 2.09 bits per heavy atom. The zero-order valence-electron chi connectivity index (χ0n) is 13.2. The second-order valence-corrected chi connectivity index (χ2v) is 5.51. The van der Waals surface area contributed by atoms with Crippen LogP contribution in [0.15, 0.2) is 30.3 Å². The fourth-order valence-electron chi connectivity index (χ4n) is 3.49. The van der Waals surface area contributed by atoms with E-state index in [1.807, 2.05) is 18.2 Å². The summed E-state index contributed by atoms with van der Waals surface area (Å²) in [6.07, 6.45) is 0.869. The van der Waals surface area contributed by atoms with Crippen LogP contribution in [0.4, 0.5) is 0 Å². The van der Waals surface area contributed by atoms with Gasteiger partial charge in [0.15, 0.2) is 0 Å². The summed E-state index contributed by atoms with van der Waals surface area (Å²) >= 11 is 0. The van der Waals surface area contributed by atoms with Gasteiger partial charge in [-0.3, -0.25) is 9.69 Å². The van der Waals surface area contributed by atoms with Gasteiger partial charge in [-0.15, -0.1) is 0 Å². The highest BCUT2D eigenvalue weighted by Gasteiger charge is 2.80. The third-order valence-corrected chi connectivity index (χ3v) is 4.68. The van der Waals surface area contributed by atoms with E-state index in [2.05, 4.69) is 12.1 Å². The van der Waals surface area contributed by atoms with Crippen LogP contribution in [-0.2, 0) is 23.7 Å². The van der Waals surface area contributed by atoms with Crippen LogP contribution in [0.1, 0.15) is 17.9 Å². The van der Waals surface area contributed by atoms with E-state index < -0.39 is 11.7 Å². The van der Waals surface area contributed by atoms with Gasteiger partial charge in [0.25, 0.3) is 5.91 Å². The Morgan fingerprint density at radius 1 is 1.00 bits per heavy atom. The highest BCUT2D eigenvalue weighted by atomic mass is 16.8. The highest BCUT2D eigenvalue weighted by Crippen LogP contribution is 2.56. The number of methoxy groups -OCH3 is 4. The molecule has 1 aromatic carbocycles. The van der Waals surface area contributed by atoms with E-state index in [0.717, 1.165) is 6.42 Å². The lowest BCUT2D eigenvalue weighted by molar-refractivity contribution is -0.459. The second kappa shape index (κ2) is 5.31. The summed E-state index contributed by atoms with van der Waals surface area (Å²) in [6, 6.07) is 10.1. The van der Waals surface area contributed by atoms with Gasteiger partial charge in [0.05, 0.1) is 0 Å². The van der Waals surface area contributed by atoms with Gasteiger partial charge in [-0.05, 0) is 12.0 Å². The van der Waals surface area contributed by atoms with E-state index in [4.69, 9.17) is 18.9 Å². The average Bonchev–Trinajstić information content (AvgIpc) is 3.34. The highest BCUT2D eigenvalue weighted by molar-refractivity contribution is 5.93. The van der Waals surface area contributed by atoms with Gasteiger partial charge in [-0.2, -0.15) is 0 Å². The van der Waals surface area contributed by atoms with Crippen molar-refractivity contribution in [3.8, 4) is 0 Å². The first-order valence-electron chi connectivity index (χ1n) is 7.21. The molecule has 0 bridgehead atoms. The minimum absolute atomic E-state index is 0.0215. The van der Waals surface area contributed by atoms with Gasteiger partial charge in [0.2, 0.25) is 0 Å². The molecule has 0 unspecified atom stereocenters. The molecule has 1 amide bonds. The van der Waals surface area contributed by atoms with Gasteiger partial charge < -0.3 is 18.9 Å². The molecule has 0 aromatic heterocycles. The molecule has 6 nitrogen and oxygen atoms in total. The summed E-state index contributed by atoms with van der Waals surface area (Å²) in [5.41, 5.74) is 1.20. The number of hydrogen-bond donors (Lipinski definition) is 0. The minimum Gasteiger partial charge on any atom is -0.340 e. The summed E-state index contributed by atoms with van der Waals surface area (Å²) < 4.78 is 21.7. The third-order valence-electron chi connectivity index (χ3n) is 4.68. The number of carbonyl (C=O) groups is 1. The first kappa shape index (κ1) is 15.4. The van der Waals surface area contributed by atoms with Gasteiger partial charge in [0.1, 0.15) is 0 Å². The average molecular weight is 307 g/mol. The smallest absolute Gasteiger partial charge is 0.327 e. The quantitative estimate of drug-likeness (QED) is 0.586. The molecule has 0 N–H and O–H groups in total. The second-order valence-electron chi connectivity index (χ2n) is 5.51. The van der Waals surface area contributed by atoms with Crippen LogP contribution >= 0.6 is 0 Å². The van der Waals surface area contributed by atoms with E-state index in [0.29, 0.717) is 0 Å². The van der Waals surface area contributed by atoms with Crippen molar-refractivity contribution in [1.29, 1.82) is 0 Å². The molecule has 2 atom stereocenters. The number of nitrogens with zero attached hydrogens (tertiary/aromatic N) is 1. The Labute approximate surface area is 129 Å². The van der Waals surface area contributed by atoms with Gasteiger partial charge in [-0.25, -0.2) is 0 Å². The number of carbonyl (C=O) groups excluding carboxylic acids is 1. The molecule has 0 spiro atoms. The van der Waals surface area contributed by atoms with Gasteiger partial charge in [-0.1, -0.05) is 30.3 Å². The molecule has 22 heavy (non-hydrogen) atoms. The van der Waals surface area contributed by atoms with Crippen LogP contribution in [-0.4, -0.2) is 57.0 Å². The number of benzene rings is 1. The third kappa shape index (κ3) is 1.72. The molecular formula is C16H21NO5. The lowest BCUT2D eigenvalue weighted by Crippen LogP contribution is -2.85. The Balaban J connectivity index is 1.88. The molecule has 1 saturated carbocycles. The maximum absolute atomic E-state index is 12.7. The molecule has 2 aliphatic rings. The van der Waals surface area contributed by atoms with Crippen molar-refractivity contribution in [2.45, 2.75) is 30.1 Å². The lowest BCUT2D eigenvalue weighted by Gasteiger charge is -2.59. The molecule has 3 rings (SSSR count). The molecule has 6 heteroatoms. The SMILES string of the molecule is COC1(OC)C(=O)N([C@H]2C[C@H]2c2ccccc2)C1(OC)OC. The van der Waals surface area contributed by atoms with Crippen LogP contribution < -0.4 is 0 Å². The molecule has 1 aromatic rings. The Bertz CT molecular complexity index is 553. The fraction of sp³-hybridized carbons (Fsp3) is 0.562.